The Morgan fingerprint density at radius 1 is 1.17 bits per heavy atom. The molecule has 3 rings (SSSR count). The molecule has 0 spiro atoms. The topological polar surface area (TPSA) is 77.8 Å². The number of benzene rings is 2. The molecule has 0 fully saturated rings. The van der Waals surface area contributed by atoms with E-state index in [4.69, 9.17) is 13.9 Å². The van der Waals surface area contributed by atoms with Crippen LogP contribution in [0.4, 0.5) is 4.39 Å². The fourth-order valence-corrected chi connectivity index (χ4v) is 2.85. The third-order valence-electron chi connectivity index (χ3n) is 4.44. The number of hydrogen-bond donors (Lipinski definition) is 1. The third kappa shape index (κ3) is 4.74. The van der Waals surface area contributed by atoms with Gasteiger partial charge in [0, 0.05) is 17.5 Å². The minimum Gasteiger partial charge on any atom is -0.494 e. The lowest BCUT2D eigenvalue weighted by Crippen LogP contribution is -2.35. The number of nitrogens with one attached hydrogen (secondary N) is 1. The van der Waals surface area contributed by atoms with Crippen molar-refractivity contribution >= 4 is 22.8 Å². The summed E-state index contributed by atoms with van der Waals surface area (Å²) in [6.45, 7) is 5.84. The number of hydrogen-bond acceptors (Lipinski definition) is 5. The highest BCUT2D eigenvalue weighted by atomic mass is 19.1. The highest BCUT2D eigenvalue weighted by Gasteiger charge is 2.24. The van der Waals surface area contributed by atoms with Gasteiger partial charge >= 0.3 is 5.97 Å². The molecule has 2 aromatic carbocycles. The van der Waals surface area contributed by atoms with Gasteiger partial charge in [0.05, 0.1) is 6.61 Å². The largest absolute Gasteiger partial charge is 0.494 e. The number of rotatable bonds is 7. The van der Waals surface area contributed by atoms with Crippen molar-refractivity contribution in [1.29, 1.82) is 0 Å². The van der Waals surface area contributed by atoms with E-state index in [2.05, 4.69) is 5.32 Å². The fourth-order valence-electron chi connectivity index (χ4n) is 2.85. The van der Waals surface area contributed by atoms with Crippen molar-refractivity contribution in [1.82, 2.24) is 5.32 Å². The van der Waals surface area contributed by atoms with Crippen LogP contribution < -0.4 is 10.1 Å². The van der Waals surface area contributed by atoms with Gasteiger partial charge in [-0.1, -0.05) is 12.1 Å². The molecule has 0 saturated carbocycles. The van der Waals surface area contributed by atoms with Crippen LogP contribution in [0.2, 0.25) is 0 Å². The summed E-state index contributed by atoms with van der Waals surface area (Å²) in [7, 11) is 0. The van der Waals surface area contributed by atoms with Crippen LogP contribution in [-0.2, 0) is 16.1 Å². The monoisotopic (exact) mass is 399 g/mol. The molecule has 1 amide bonds. The Hall–Kier alpha value is -3.35. The number of esters is 1. The molecular formula is C22H22FNO5. The van der Waals surface area contributed by atoms with Gasteiger partial charge in [-0.3, -0.25) is 4.79 Å². The first-order valence-electron chi connectivity index (χ1n) is 9.28. The molecule has 152 valence electrons. The lowest BCUT2D eigenvalue weighted by Gasteiger charge is -2.13. The predicted octanol–water partition coefficient (Wildman–Crippen LogP) is 4.14. The first kappa shape index (κ1) is 20.4. The molecule has 0 aliphatic rings. The first-order chi connectivity index (χ1) is 13.9. The SMILES string of the molecule is CCOc1ccc2oc(C(=O)O[C@H](C)C(=O)NCc3ccc(F)cc3)c(C)c2c1. The van der Waals surface area contributed by atoms with E-state index in [0.717, 1.165) is 10.9 Å². The second-order valence-corrected chi connectivity index (χ2v) is 6.54. The number of furan rings is 1. The Kier molecular flexibility index (Phi) is 6.16. The zero-order valence-electron chi connectivity index (χ0n) is 16.5. The molecule has 7 heteroatoms. The van der Waals surface area contributed by atoms with E-state index in [9.17, 15) is 14.0 Å². The number of ether oxygens (including phenoxy) is 2. The molecule has 1 aromatic heterocycles. The zero-order chi connectivity index (χ0) is 21.0. The summed E-state index contributed by atoms with van der Waals surface area (Å²) in [4.78, 5) is 24.7. The third-order valence-corrected chi connectivity index (χ3v) is 4.44. The number of halogens is 1. The van der Waals surface area contributed by atoms with Gasteiger partial charge in [0.15, 0.2) is 6.10 Å². The van der Waals surface area contributed by atoms with Gasteiger partial charge in [0.25, 0.3) is 5.91 Å². The lowest BCUT2D eigenvalue weighted by atomic mass is 10.1. The van der Waals surface area contributed by atoms with Crippen LogP contribution in [0.3, 0.4) is 0 Å². The van der Waals surface area contributed by atoms with Gasteiger partial charge in [-0.15, -0.1) is 0 Å². The van der Waals surface area contributed by atoms with Crippen LogP contribution in [0.15, 0.2) is 46.9 Å². The fraction of sp³-hybridized carbons (Fsp3) is 0.273. The Bertz CT molecular complexity index is 1030. The van der Waals surface area contributed by atoms with Crippen LogP contribution >= 0.6 is 0 Å². The first-order valence-corrected chi connectivity index (χ1v) is 9.28. The van der Waals surface area contributed by atoms with Gasteiger partial charge < -0.3 is 19.2 Å². The summed E-state index contributed by atoms with van der Waals surface area (Å²) < 4.78 is 29.3. The van der Waals surface area contributed by atoms with Crippen LogP contribution in [0.1, 0.15) is 35.5 Å². The van der Waals surface area contributed by atoms with Crippen LogP contribution in [0, 0.1) is 12.7 Å². The summed E-state index contributed by atoms with van der Waals surface area (Å²) >= 11 is 0. The van der Waals surface area contributed by atoms with E-state index >= 15 is 0 Å². The van der Waals surface area contributed by atoms with Crippen molar-refractivity contribution in [3.63, 3.8) is 0 Å². The van der Waals surface area contributed by atoms with Gasteiger partial charge in [-0.05, 0) is 56.7 Å². The average molecular weight is 399 g/mol. The van der Waals surface area contributed by atoms with Crippen LogP contribution in [0.5, 0.6) is 5.75 Å². The maximum atomic E-state index is 12.9. The Balaban J connectivity index is 1.64. The molecule has 29 heavy (non-hydrogen) atoms. The molecule has 0 unspecified atom stereocenters. The van der Waals surface area contributed by atoms with Crippen molar-refractivity contribution in [3.8, 4) is 5.75 Å². The summed E-state index contributed by atoms with van der Waals surface area (Å²) in [5.74, 6) is -0.808. The molecule has 0 saturated heterocycles. The smallest absolute Gasteiger partial charge is 0.375 e. The summed E-state index contributed by atoms with van der Waals surface area (Å²) in [6.07, 6.45) is -1.02. The summed E-state index contributed by atoms with van der Waals surface area (Å²) in [5, 5.41) is 3.40. The molecule has 0 bridgehead atoms. The number of fused-ring (bicyclic) bond motifs is 1. The van der Waals surface area contributed by atoms with E-state index < -0.39 is 18.0 Å². The molecule has 1 N–H and O–H groups in total. The molecule has 0 radical (unpaired) electrons. The Morgan fingerprint density at radius 3 is 2.59 bits per heavy atom. The normalized spacial score (nSPS) is 11.9. The molecular weight excluding hydrogens is 377 g/mol. The van der Waals surface area contributed by atoms with Crippen molar-refractivity contribution in [2.75, 3.05) is 6.61 Å². The zero-order valence-corrected chi connectivity index (χ0v) is 16.5. The van der Waals surface area contributed by atoms with Crippen molar-refractivity contribution in [2.45, 2.75) is 33.4 Å². The Morgan fingerprint density at radius 2 is 1.90 bits per heavy atom. The van der Waals surface area contributed by atoms with E-state index in [0.29, 0.717) is 23.5 Å². The summed E-state index contributed by atoms with van der Waals surface area (Å²) in [5.41, 5.74) is 1.88. The minimum absolute atomic E-state index is 0.0480. The highest BCUT2D eigenvalue weighted by molar-refractivity contribution is 5.97. The lowest BCUT2D eigenvalue weighted by molar-refractivity contribution is -0.129. The highest BCUT2D eigenvalue weighted by Crippen LogP contribution is 2.29. The number of amides is 1. The van der Waals surface area contributed by atoms with E-state index in [-0.39, 0.29) is 18.1 Å². The van der Waals surface area contributed by atoms with Crippen LogP contribution in [-0.4, -0.2) is 24.6 Å². The van der Waals surface area contributed by atoms with Crippen molar-refractivity contribution < 1.29 is 27.9 Å². The molecule has 0 aliphatic carbocycles. The molecule has 0 aliphatic heterocycles. The standard InChI is InChI=1S/C22H22FNO5/c1-4-27-17-9-10-19-18(11-17)13(2)20(29-19)22(26)28-14(3)21(25)24-12-15-5-7-16(23)8-6-15/h5-11,14H,4,12H2,1-3H3,(H,24,25)/t14-/m1/s1. The molecule has 6 nitrogen and oxygen atoms in total. The maximum Gasteiger partial charge on any atom is 0.375 e. The molecule has 1 heterocycles. The quantitative estimate of drug-likeness (QED) is 0.604. The van der Waals surface area contributed by atoms with Crippen molar-refractivity contribution in [3.05, 3.63) is 65.2 Å². The summed E-state index contributed by atoms with van der Waals surface area (Å²) in [6, 6.07) is 11.0. The van der Waals surface area contributed by atoms with Gasteiger partial charge in [0.1, 0.15) is 17.1 Å². The van der Waals surface area contributed by atoms with E-state index in [1.54, 1.807) is 37.3 Å². The average Bonchev–Trinajstić information content (AvgIpc) is 3.04. The van der Waals surface area contributed by atoms with Crippen LogP contribution in [0.25, 0.3) is 11.0 Å². The Labute approximate surface area is 167 Å². The van der Waals surface area contributed by atoms with E-state index in [1.807, 2.05) is 6.92 Å². The van der Waals surface area contributed by atoms with Gasteiger partial charge in [-0.2, -0.15) is 0 Å². The minimum atomic E-state index is -1.02. The predicted molar refractivity (Wildman–Crippen MR) is 105 cm³/mol. The number of aryl methyl sites for hydroxylation is 1. The maximum absolute atomic E-state index is 12.9. The van der Waals surface area contributed by atoms with Crippen molar-refractivity contribution in [2.24, 2.45) is 0 Å². The van der Waals surface area contributed by atoms with Gasteiger partial charge in [-0.25, -0.2) is 9.18 Å². The molecule has 1 atom stereocenters. The second-order valence-electron chi connectivity index (χ2n) is 6.54. The molecule has 3 aromatic rings. The second kappa shape index (κ2) is 8.77. The number of carbonyl (C=O) groups excluding carboxylic acids is 2. The van der Waals surface area contributed by atoms with E-state index in [1.165, 1.54) is 19.1 Å². The van der Waals surface area contributed by atoms with Gasteiger partial charge in [0.2, 0.25) is 5.76 Å². The number of carbonyl (C=O) groups is 2.